The number of piperidine rings is 1. The number of benzene rings is 2. The van der Waals surface area contributed by atoms with Crippen molar-refractivity contribution in [3.05, 3.63) is 94.0 Å². The van der Waals surface area contributed by atoms with Crippen LogP contribution in [0.15, 0.2) is 65.6 Å². The molecule has 1 aliphatic rings. The molecule has 10 nitrogen and oxygen atoms in total. The average molecular weight is 632 g/mol. The van der Waals surface area contributed by atoms with Crippen LogP contribution in [0.5, 0.6) is 0 Å². The van der Waals surface area contributed by atoms with E-state index in [0.29, 0.717) is 16.3 Å². The molecule has 0 saturated carbocycles. The van der Waals surface area contributed by atoms with Crippen LogP contribution in [-0.4, -0.2) is 61.1 Å². The van der Waals surface area contributed by atoms with Crippen molar-refractivity contribution in [1.29, 1.82) is 0 Å². The second-order valence-corrected chi connectivity index (χ2v) is 10.2. The smallest absolute Gasteiger partial charge is 0.335 e. The molecule has 0 unspecified atom stereocenters. The van der Waals surface area contributed by atoms with E-state index in [9.17, 15) is 40.7 Å². The quantitative estimate of drug-likeness (QED) is 0.238. The summed E-state index contributed by atoms with van der Waals surface area (Å²) in [5, 5.41) is 6.91. The lowest BCUT2D eigenvalue weighted by Crippen LogP contribution is -2.51. The molecule has 4 aromatic rings. The third kappa shape index (κ3) is 6.06. The summed E-state index contributed by atoms with van der Waals surface area (Å²) in [7, 11) is 0. The molecule has 2 amide bonds. The highest BCUT2D eigenvalue weighted by molar-refractivity contribution is 5.84. The number of nitrogens with one attached hydrogen (secondary N) is 1. The molecule has 234 valence electrons. The Hall–Kier alpha value is -5.33. The summed E-state index contributed by atoms with van der Waals surface area (Å²) in [6.45, 7) is 8.04. The Labute approximate surface area is 250 Å². The van der Waals surface area contributed by atoms with Crippen molar-refractivity contribution in [2.24, 2.45) is 0 Å². The van der Waals surface area contributed by atoms with Crippen LogP contribution in [-0.2, 0) is 11.0 Å². The summed E-state index contributed by atoms with van der Waals surface area (Å²) in [6.07, 6.45) is -8.43. The summed E-state index contributed by atoms with van der Waals surface area (Å²) in [6, 6.07) is 10.1. The maximum atomic E-state index is 13.9. The molecule has 2 aromatic heterocycles. The van der Waals surface area contributed by atoms with E-state index in [1.807, 2.05) is 0 Å². The van der Waals surface area contributed by atoms with Crippen molar-refractivity contribution in [3.8, 4) is 22.8 Å². The number of nitrogens with zero attached hydrogens (tertiary/aromatic N) is 6. The lowest BCUT2D eigenvalue weighted by atomic mass is 10.1. The highest BCUT2D eigenvalue weighted by Gasteiger charge is 2.43. The zero-order valence-corrected chi connectivity index (χ0v) is 23.4. The minimum atomic E-state index is -5.04. The van der Waals surface area contributed by atoms with Crippen LogP contribution in [0, 0.1) is 13.5 Å². The molecule has 0 atom stereocenters. The predicted octanol–water partition coefficient (Wildman–Crippen LogP) is 5.48. The zero-order chi connectivity index (χ0) is 32.7. The molecule has 1 saturated heterocycles. The van der Waals surface area contributed by atoms with Crippen LogP contribution in [0.25, 0.3) is 27.6 Å². The number of likely N-dealkylation sites (tertiary alicyclic amines) is 1. The van der Waals surface area contributed by atoms with E-state index < -0.39 is 41.6 Å². The SMILES string of the molecule is [C-]#[N+]c1ccc(-n2nccc2-c2c(C)n(-c3cccc(C(F)(F)F)c3)c(=O)n2C(=O)NC2CCN(C(=O)C(F)(F)F)CC2)cc1. The highest BCUT2D eigenvalue weighted by atomic mass is 19.4. The number of carbonyl (C=O) groups is 2. The van der Waals surface area contributed by atoms with Crippen molar-refractivity contribution in [3.63, 3.8) is 0 Å². The van der Waals surface area contributed by atoms with Gasteiger partial charge in [0.05, 0.1) is 41.1 Å². The van der Waals surface area contributed by atoms with Gasteiger partial charge in [0.15, 0.2) is 5.69 Å². The number of imidazole rings is 1. The molecule has 1 aliphatic heterocycles. The van der Waals surface area contributed by atoms with Gasteiger partial charge in [-0.05, 0) is 56.2 Å². The van der Waals surface area contributed by atoms with Gasteiger partial charge in [0, 0.05) is 19.1 Å². The van der Waals surface area contributed by atoms with Crippen LogP contribution in [0.3, 0.4) is 0 Å². The number of hydrogen-bond acceptors (Lipinski definition) is 4. The van der Waals surface area contributed by atoms with Gasteiger partial charge in [0.2, 0.25) is 0 Å². The number of hydrogen-bond donors (Lipinski definition) is 1. The first-order valence-corrected chi connectivity index (χ1v) is 13.4. The summed E-state index contributed by atoms with van der Waals surface area (Å²) in [5.41, 5.74) is -1.08. The van der Waals surface area contributed by atoms with Crippen molar-refractivity contribution < 1.29 is 35.9 Å². The molecule has 16 heteroatoms. The van der Waals surface area contributed by atoms with Gasteiger partial charge in [0.25, 0.3) is 0 Å². The average Bonchev–Trinajstić information content (AvgIpc) is 3.58. The van der Waals surface area contributed by atoms with Gasteiger partial charge in [-0.1, -0.05) is 18.2 Å². The van der Waals surface area contributed by atoms with Gasteiger partial charge in [-0.3, -0.25) is 9.36 Å². The Morgan fingerprint density at radius 3 is 2.24 bits per heavy atom. The number of aromatic nitrogens is 4. The molecule has 0 aliphatic carbocycles. The second-order valence-electron chi connectivity index (χ2n) is 10.2. The molecular formula is C29H23F6N7O3. The van der Waals surface area contributed by atoms with Crippen molar-refractivity contribution in [1.82, 2.24) is 29.1 Å². The molecule has 2 aromatic carbocycles. The zero-order valence-electron chi connectivity index (χ0n) is 23.4. The number of alkyl halides is 6. The van der Waals surface area contributed by atoms with Crippen LogP contribution >= 0.6 is 0 Å². The van der Waals surface area contributed by atoms with Gasteiger partial charge in [-0.25, -0.2) is 23.7 Å². The van der Waals surface area contributed by atoms with E-state index in [4.69, 9.17) is 6.57 Å². The lowest BCUT2D eigenvalue weighted by Gasteiger charge is -2.32. The normalized spacial score (nSPS) is 14.3. The fourth-order valence-electron chi connectivity index (χ4n) is 5.22. The molecule has 0 bridgehead atoms. The Morgan fingerprint density at radius 1 is 0.978 bits per heavy atom. The maximum absolute atomic E-state index is 13.9. The van der Waals surface area contributed by atoms with Crippen LogP contribution < -0.4 is 11.0 Å². The molecular weight excluding hydrogens is 608 g/mol. The molecule has 1 N–H and O–H groups in total. The van der Waals surface area contributed by atoms with E-state index >= 15 is 0 Å². The van der Waals surface area contributed by atoms with Crippen molar-refractivity contribution in [2.75, 3.05) is 13.1 Å². The van der Waals surface area contributed by atoms with Crippen molar-refractivity contribution >= 4 is 17.6 Å². The van der Waals surface area contributed by atoms with E-state index in [2.05, 4.69) is 15.3 Å². The van der Waals surface area contributed by atoms with Gasteiger partial charge in [-0.2, -0.15) is 31.4 Å². The summed E-state index contributed by atoms with van der Waals surface area (Å²) < 4.78 is 82.3. The number of rotatable bonds is 4. The highest BCUT2D eigenvalue weighted by Crippen LogP contribution is 2.32. The van der Waals surface area contributed by atoms with E-state index in [1.54, 1.807) is 12.1 Å². The third-order valence-corrected chi connectivity index (χ3v) is 7.38. The van der Waals surface area contributed by atoms with Crippen LogP contribution in [0.1, 0.15) is 24.1 Å². The Morgan fingerprint density at radius 2 is 1.64 bits per heavy atom. The standard InChI is InChI=1S/C29H23F6N7O3/c1-17-24(23-10-13-37-42(23)21-8-6-19(36-2)7-9-21)41(27(45)40(17)22-5-3-4-18(16-22)28(30,31)32)26(44)38-20-11-14-39(15-12-20)25(43)29(33,34)35/h3-10,13,16,20H,11-12,14-15H2,1H3,(H,38,44). The largest absolute Gasteiger partial charge is 0.471 e. The lowest BCUT2D eigenvalue weighted by molar-refractivity contribution is -0.186. The minimum Gasteiger partial charge on any atom is -0.335 e. The minimum absolute atomic E-state index is 0.00801. The number of halogens is 6. The van der Waals surface area contributed by atoms with E-state index in [1.165, 1.54) is 42.1 Å². The molecule has 0 spiro atoms. The first-order chi connectivity index (χ1) is 21.2. The molecule has 3 heterocycles. The Balaban J connectivity index is 1.58. The molecule has 0 radical (unpaired) electrons. The van der Waals surface area contributed by atoms with Crippen LogP contribution in [0.4, 0.5) is 36.8 Å². The Kier molecular flexibility index (Phi) is 8.04. The molecule has 1 fully saturated rings. The van der Waals surface area contributed by atoms with Gasteiger partial charge in [-0.15, -0.1) is 0 Å². The second kappa shape index (κ2) is 11.6. The first kappa shape index (κ1) is 31.1. The van der Waals surface area contributed by atoms with Crippen LogP contribution in [0.2, 0.25) is 0 Å². The molecule has 5 rings (SSSR count). The van der Waals surface area contributed by atoms with E-state index in [-0.39, 0.29) is 48.7 Å². The summed E-state index contributed by atoms with van der Waals surface area (Å²) in [5.74, 6) is -1.99. The maximum Gasteiger partial charge on any atom is 0.471 e. The monoisotopic (exact) mass is 631 g/mol. The fraction of sp³-hybridized carbons (Fsp3) is 0.276. The summed E-state index contributed by atoms with van der Waals surface area (Å²) in [4.78, 5) is 43.2. The fourth-order valence-corrected chi connectivity index (χ4v) is 5.22. The number of amides is 2. The molecule has 45 heavy (non-hydrogen) atoms. The third-order valence-electron chi connectivity index (χ3n) is 7.38. The summed E-state index contributed by atoms with van der Waals surface area (Å²) >= 11 is 0. The Bertz CT molecular complexity index is 1850. The predicted molar refractivity (Wildman–Crippen MR) is 148 cm³/mol. The topological polar surface area (TPSA) is 98.5 Å². The van der Waals surface area contributed by atoms with Crippen molar-refractivity contribution in [2.45, 2.75) is 38.2 Å². The van der Waals surface area contributed by atoms with Gasteiger partial charge in [0.1, 0.15) is 5.69 Å². The van der Waals surface area contributed by atoms with E-state index in [0.717, 1.165) is 27.3 Å². The van der Waals surface area contributed by atoms with Gasteiger partial charge >= 0.3 is 30.0 Å². The van der Waals surface area contributed by atoms with Gasteiger partial charge < -0.3 is 10.2 Å². The number of carbonyl (C=O) groups excluding carboxylic acids is 2. The first-order valence-electron chi connectivity index (χ1n) is 13.4.